The van der Waals surface area contributed by atoms with Gasteiger partial charge in [0.1, 0.15) is 0 Å². The van der Waals surface area contributed by atoms with Gasteiger partial charge in [0.25, 0.3) is 0 Å². The molecule has 21 unspecified atom stereocenters. The average molecular weight is 1890 g/mol. The lowest BCUT2D eigenvalue weighted by molar-refractivity contribution is 0.215. The maximum absolute atomic E-state index is 8.92. The van der Waals surface area contributed by atoms with Crippen molar-refractivity contribution in [3.8, 4) is 42.5 Å². The van der Waals surface area contributed by atoms with Gasteiger partial charge in [-0.3, -0.25) is 0 Å². The molecule has 7 aliphatic rings. The predicted molar refractivity (Wildman–Crippen MR) is 592 cm³/mol. The first-order valence-electron chi connectivity index (χ1n) is 57.7. The molecule has 0 saturated heterocycles. The van der Waals surface area contributed by atoms with Gasteiger partial charge in [-0.2, -0.15) is 36.8 Å². The number of nitrogens with zero attached hydrogens (tertiary/aromatic N) is 7. The van der Waals surface area contributed by atoms with E-state index in [1.54, 1.807) is 0 Å². The minimum atomic E-state index is 0.707. The summed E-state index contributed by atoms with van der Waals surface area (Å²) in [5.74, 6) is 17.4. The molecule has 756 valence electrons. The highest BCUT2D eigenvalue weighted by molar-refractivity contribution is 5.39. The second kappa shape index (κ2) is 66.7. The number of nitriles is 7. The third kappa shape index (κ3) is 40.3. The Labute approximate surface area is 857 Å². The Kier molecular flexibility index (Phi) is 55.4. The number of rotatable bonds is 35. The van der Waals surface area contributed by atoms with Crippen LogP contribution in [0.15, 0.2) is 170 Å². The molecule has 21 atom stereocenters. The van der Waals surface area contributed by atoms with Crippen LogP contribution < -0.4 is 0 Å². The summed E-state index contributed by atoms with van der Waals surface area (Å²) in [5, 5.41) is 62.0. The summed E-state index contributed by atoms with van der Waals surface area (Å²) in [5.41, 5.74) is 15.4. The third-order valence-electron chi connectivity index (χ3n) is 35.3. The fourth-order valence-electron chi connectivity index (χ4n) is 25.8. The SMILES string of the molecule is CCC1CCC(c2ccc(C#N)cc2)CC1C.CCCC1CCC(c2ccc(C#N)cc2)CC1C.CCCCC1CCC(c2ccc(C#N)cc2)CC1C.CCCCCC1CCC(c2ccc(C#N)cc2)CC1C.CCCCCCC1CCC(c2ccc(C#N)cc2)CC1C.CCCCCCCC1CCC(c2ccc(C#N)cc2)CC1C.CCCCCCCCC1CCC(c2ccc(C#N)cc2)CC1C. The van der Waals surface area contributed by atoms with Crippen LogP contribution in [-0.4, -0.2) is 0 Å². The molecule has 0 N–H and O–H groups in total. The molecule has 7 aliphatic carbocycles. The van der Waals surface area contributed by atoms with Crippen LogP contribution in [0, 0.1) is 162 Å². The van der Waals surface area contributed by atoms with Crippen LogP contribution >= 0.6 is 0 Å². The molecule has 0 aliphatic heterocycles. The number of benzene rings is 7. The van der Waals surface area contributed by atoms with Crippen molar-refractivity contribution in [3.05, 3.63) is 248 Å². The second-order valence-electron chi connectivity index (χ2n) is 45.3. The Hall–Kier alpha value is -9.03. The van der Waals surface area contributed by atoms with E-state index in [4.69, 9.17) is 36.8 Å². The van der Waals surface area contributed by atoms with Crippen molar-refractivity contribution in [2.45, 2.75) is 453 Å². The predicted octanol–water partition coefficient (Wildman–Crippen LogP) is 39.6. The smallest absolute Gasteiger partial charge is 0.0991 e. The lowest BCUT2D eigenvalue weighted by Crippen LogP contribution is -2.22. The zero-order chi connectivity index (χ0) is 101. The summed E-state index contributed by atoms with van der Waals surface area (Å²) in [4.78, 5) is 0. The van der Waals surface area contributed by atoms with Gasteiger partial charge in [0, 0.05) is 0 Å². The van der Waals surface area contributed by atoms with Gasteiger partial charge in [-0.25, -0.2) is 0 Å². The van der Waals surface area contributed by atoms with Crippen LogP contribution in [0.1, 0.15) is 531 Å². The molecule has 0 radical (unpaired) electrons. The molecule has 7 aromatic rings. The molecular weight excluding hydrogens is 1700 g/mol. The van der Waals surface area contributed by atoms with E-state index in [0.717, 1.165) is 122 Å². The van der Waals surface area contributed by atoms with Gasteiger partial charge in [-0.05, 0) is 383 Å². The van der Waals surface area contributed by atoms with Crippen LogP contribution in [0.5, 0.6) is 0 Å². The highest BCUT2D eigenvalue weighted by atomic mass is 14.4. The minimum absolute atomic E-state index is 0.707. The average Bonchev–Trinajstić information content (AvgIpc) is 0.851. The van der Waals surface area contributed by atoms with E-state index >= 15 is 0 Å². The van der Waals surface area contributed by atoms with Crippen LogP contribution in [-0.2, 0) is 0 Å². The summed E-state index contributed by atoms with van der Waals surface area (Å²) in [6.45, 7) is 33.0. The molecule has 0 heterocycles. The normalized spacial score (nSPS) is 26.1. The van der Waals surface area contributed by atoms with E-state index < -0.39 is 0 Å². The van der Waals surface area contributed by atoms with E-state index in [1.807, 2.05) is 84.9 Å². The Morgan fingerprint density at radius 2 is 0.321 bits per heavy atom. The van der Waals surface area contributed by atoms with Gasteiger partial charge < -0.3 is 0 Å². The molecule has 7 saturated carbocycles. The monoisotopic (exact) mass is 1880 g/mol. The molecule has 0 spiro atoms. The standard InChI is InChI=1S/C22H33N.C21H31N.C20H29N.C19H27N.C18H25N.C17H23N.C16H21N/c1-3-4-5-6-7-8-9-20-14-15-22(16-18(20)2)21-12-10-19(17-23)11-13-21;1-3-4-5-6-7-8-19-13-14-21(15-17(19)2)20-11-9-18(16-22)10-12-20;1-3-4-5-6-7-18-12-13-20(14-16(18)2)19-10-8-17(15-21)9-11-19;1-3-4-5-6-17-11-12-19(13-15(17)2)18-9-7-16(14-20)8-10-18;1-3-4-5-16-10-11-18(12-14(16)2)17-8-6-15(13-19)7-9-17;1-3-4-15-9-10-17(11-13(15)2)16-7-5-14(12-18)6-8-16;1-3-14-8-9-16(10-12(14)2)15-6-4-13(11-17)5-7-15/h10-13,18,20,22H,3-9,14-16H2,1-2H3;9-12,17,19,21H,3-8,13-15H2,1-2H3;8-11,16,18,20H,3-7,12-14H2,1-2H3;7-10,15,17,19H,3-6,11-13H2,1-2H3;6-9,14,16,18H,3-5,10-12H2,1-2H3;5-8,13,15,17H,3-4,9-11H2,1-2H3;4-7,12,14,16H,3,8-10H2,1-2H3. The zero-order valence-electron chi connectivity index (χ0n) is 90.6. The number of hydrogen-bond donors (Lipinski definition) is 0. The van der Waals surface area contributed by atoms with E-state index in [0.29, 0.717) is 41.4 Å². The largest absolute Gasteiger partial charge is 0.192 e. The van der Waals surface area contributed by atoms with Gasteiger partial charge in [-0.15, -0.1) is 0 Å². The molecule has 7 fully saturated rings. The Morgan fingerprint density at radius 1 is 0.171 bits per heavy atom. The van der Waals surface area contributed by atoms with Crippen molar-refractivity contribution in [1.29, 1.82) is 36.8 Å². The quantitative estimate of drug-likeness (QED) is 0.0356. The highest BCUT2D eigenvalue weighted by Gasteiger charge is 2.35. The molecule has 7 heteroatoms. The summed E-state index contributed by atoms with van der Waals surface area (Å²) in [7, 11) is 0. The van der Waals surface area contributed by atoms with E-state index in [-0.39, 0.29) is 0 Å². The van der Waals surface area contributed by atoms with E-state index in [1.165, 1.54) is 354 Å². The molecule has 14 rings (SSSR count). The van der Waals surface area contributed by atoms with E-state index in [2.05, 4.69) is 224 Å². The summed E-state index contributed by atoms with van der Waals surface area (Å²) < 4.78 is 0. The summed E-state index contributed by atoms with van der Waals surface area (Å²) >= 11 is 0. The van der Waals surface area contributed by atoms with Crippen molar-refractivity contribution in [1.82, 2.24) is 0 Å². The van der Waals surface area contributed by atoms with Crippen LogP contribution in [0.3, 0.4) is 0 Å². The van der Waals surface area contributed by atoms with Crippen LogP contribution in [0.4, 0.5) is 0 Å². The van der Waals surface area contributed by atoms with Gasteiger partial charge >= 0.3 is 0 Å². The molecule has 7 aromatic carbocycles. The van der Waals surface area contributed by atoms with Crippen molar-refractivity contribution in [3.63, 3.8) is 0 Å². The summed E-state index contributed by atoms with van der Waals surface area (Å²) in [6.07, 6.45) is 67.3. The Bertz CT molecular complexity index is 4800. The van der Waals surface area contributed by atoms with Crippen molar-refractivity contribution < 1.29 is 0 Å². The van der Waals surface area contributed by atoms with Gasteiger partial charge in [-0.1, -0.05) is 362 Å². The van der Waals surface area contributed by atoms with Gasteiger partial charge in [0.15, 0.2) is 0 Å². The molecule has 0 bridgehead atoms. The molecule has 0 aromatic heterocycles. The van der Waals surface area contributed by atoms with Gasteiger partial charge in [0.05, 0.1) is 81.4 Å². The van der Waals surface area contributed by atoms with Gasteiger partial charge in [0.2, 0.25) is 0 Å². The molecular formula is C133H189N7. The molecule has 140 heavy (non-hydrogen) atoms. The topological polar surface area (TPSA) is 167 Å². The summed E-state index contributed by atoms with van der Waals surface area (Å²) in [6, 6.07) is 73.1. The molecule has 0 amide bonds. The first-order valence-corrected chi connectivity index (χ1v) is 57.7. The highest BCUT2D eigenvalue weighted by Crippen LogP contribution is 2.49. The van der Waals surface area contributed by atoms with E-state index in [9.17, 15) is 0 Å². The second-order valence-corrected chi connectivity index (χ2v) is 45.3. The van der Waals surface area contributed by atoms with Crippen molar-refractivity contribution >= 4 is 0 Å². The van der Waals surface area contributed by atoms with Crippen LogP contribution in [0.2, 0.25) is 0 Å². The first-order chi connectivity index (χ1) is 68.2. The van der Waals surface area contributed by atoms with Crippen molar-refractivity contribution in [2.24, 2.45) is 82.9 Å². The fraction of sp³-hybridized carbons (Fsp3) is 0.632. The first kappa shape index (κ1) is 116. The maximum atomic E-state index is 8.92. The van der Waals surface area contributed by atoms with Crippen molar-refractivity contribution in [2.75, 3.05) is 0 Å². The zero-order valence-corrected chi connectivity index (χ0v) is 90.6. The Morgan fingerprint density at radius 3 is 0.493 bits per heavy atom. The maximum Gasteiger partial charge on any atom is 0.0991 e. The Balaban J connectivity index is 0.000000200. The lowest BCUT2D eigenvalue weighted by Gasteiger charge is -2.34. The molecule has 7 nitrogen and oxygen atoms in total. The third-order valence-corrected chi connectivity index (χ3v) is 35.3. The fourth-order valence-corrected chi connectivity index (χ4v) is 25.8. The minimum Gasteiger partial charge on any atom is -0.192 e. The number of unbranched alkanes of at least 4 members (excludes halogenated alkanes) is 15. The lowest BCUT2D eigenvalue weighted by atomic mass is 9.71. The van der Waals surface area contributed by atoms with Crippen LogP contribution in [0.25, 0.3) is 0 Å². The number of hydrogen-bond acceptors (Lipinski definition) is 7.